The minimum atomic E-state index is -0.338. The van der Waals surface area contributed by atoms with Crippen LogP contribution in [-0.4, -0.2) is 87.6 Å². The SMILES string of the molecule is CCO[C@@]12C[C@H](OC)[C@@H]3C[C@@H]([C@H]1[C@H]3O)[C@]13[C@@H](OC)CC[C@]4(COC)CN(CC)[C@H]1[C@H]2C[C@@H]43. The molecule has 1 spiro atoms. The van der Waals surface area contributed by atoms with E-state index >= 15 is 0 Å². The van der Waals surface area contributed by atoms with Crippen molar-refractivity contribution in [2.45, 2.75) is 75.9 Å². The minimum Gasteiger partial charge on any atom is -0.392 e. The number of rotatable bonds is 7. The molecular formula is C26H43NO5. The lowest BCUT2D eigenvalue weighted by Crippen LogP contribution is -2.76. The van der Waals surface area contributed by atoms with Crippen LogP contribution in [0.15, 0.2) is 0 Å². The molecule has 5 aliphatic carbocycles. The van der Waals surface area contributed by atoms with Gasteiger partial charge >= 0.3 is 0 Å². The van der Waals surface area contributed by atoms with E-state index in [2.05, 4.69) is 18.7 Å². The first kappa shape index (κ1) is 22.2. The summed E-state index contributed by atoms with van der Waals surface area (Å²) in [6.45, 7) is 8.16. The molecule has 0 amide bonds. The highest BCUT2D eigenvalue weighted by Crippen LogP contribution is 2.79. The van der Waals surface area contributed by atoms with Crippen LogP contribution in [0.5, 0.6) is 0 Å². The number of aliphatic hydroxyl groups is 1. The molecule has 0 aromatic heterocycles. The van der Waals surface area contributed by atoms with Gasteiger partial charge in [0.05, 0.1) is 30.5 Å². The molecule has 6 aliphatic rings. The third-order valence-corrected chi connectivity index (χ3v) is 11.5. The molecular weight excluding hydrogens is 406 g/mol. The Kier molecular flexibility index (Phi) is 5.13. The zero-order chi connectivity index (χ0) is 22.5. The number of aliphatic hydroxyl groups excluding tert-OH is 1. The number of fused-ring (bicyclic) bond motifs is 2. The second kappa shape index (κ2) is 7.38. The number of hydrogen-bond acceptors (Lipinski definition) is 6. The molecule has 6 heteroatoms. The minimum absolute atomic E-state index is 0.0775. The van der Waals surface area contributed by atoms with E-state index in [1.165, 1.54) is 12.8 Å². The van der Waals surface area contributed by atoms with Gasteiger partial charge in [0, 0.05) is 75.5 Å². The first-order valence-corrected chi connectivity index (χ1v) is 13.1. The van der Waals surface area contributed by atoms with Gasteiger partial charge < -0.3 is 24.1 Å². The summed E-state index contributed by atoms with van der Waals surface area (Å²) in [5.74, 6) is 1.81. The maximum absolute atomic E-state index is 11.7. The van der Waals surface area contributed by atoms with Crippen LogP contribution in [0.3, 0.4) is 0 Å². The average Bonchev–Trinajstić information content (AvgIpc) is 3.20. The molecule has 1 heterocycles. The van der Waals surface area contributed by atoms with E-state index in [0.717, 1.165) is 39.0 Å². The Morgan fingerprint density at radius 1 is 1.06 bits per heavy atom. The standard InChI is InChI=1S/C26H43NO5/c1-6-27-13-24(14-29-3)9-8-20(31-5)26-16-10-15-18(30-4)12-25(32-7-2,21(16)22(15)28)17(23(26)27)11-19(24)26/h15-23,28H,6-14H2,1-5H3/t15-,16-,17+,18-,19-,20-,21-,22-,23-,24+,25+,26-/m0/s1. The first-order valence-electron chi connectivity index (χ1n) is 13.1. The van der Waals surface area contributed by atoms with E-state index in [1.54, 1.807) is 0 Å². The summed E-state index contributed by atoms with van der Waals surface area (Å²) >= 11 is 0. The Hall–Kier alpha value is -0.240. The molecule has 32 heavy (non-hydrogen) atoms. The van der Waals surface area contributed by atoms with Crippen LogP contribution in [0.2, 0.25) is 0 Å². The maximum Gasteiger partial charge on any atom is 0.0806 e. The van der Waals surface area contributed by atoms with Gasteiger partial charge in [-0.1, -0.05) is 6.92 Å². The predicted molar refractivity (Wildman–Crippen MR) is 120 cm³/mol. The van der Waals surface area contributed by atoms with Crippen LogP contribution >= 0.6 is 0 Å². The molecule has 182 valence electrons. The van der Waals surface area contributed by atoms with Crippen molar-refractivity contribution in [2.24, 2.45) is 40.4 Å². The highest BCUT2D eigenvalue weighted by molar-refractivity contribution is 5.33. The summed E-state index contributed by atoms with van der Waals surface area (Å²) in [4.78, 5) is 2.79. The lowest BCUT2D eigenvalue weighted by atomic mass is 9.43. The van der Waals surface area contributed by atoms with Crippen LogP contribution in [0.25, 0.3) is 0 Å². The maximum atomic E-state index is 11.7. The predicted octanol–water partition coefficient (Wildman–Crippen LogP) is 2.58. The van der Waals surface area contributed by atoms with Gasteiger partial charge in [-0.3, -0.25) is 4.90 Å². The van der Waals surface area contributed by atoms with Gasteiger partial charge in [0.2, 0.25) is 0 Å². The molecule has 0 radical (unpaired) electrons. The third-order valence-electron chi connectivity index (χ3n) is 11.5. The Balaban J connectivity index is 1.59. The number of nitrogens with zero attached hydrogens (tertiary/aromatic N) is 1. The lowest BCUT2D eigenvalue weighted by molar-refractivity contribution is -0.285. The Morgan fingerprint density at radius 3 is 2.53 bits per heavy atom. The monoisotopic (exact) mass is 449 g/mol. The summed E-state index contributed by atoms with van der Waals surface area (Å²) in [6.07, 6.45) is 5.41. The van der Waals surface area contributed by atoms with Crippen LogP contribution in [0, 0.1) is 40.4 Å². The highest BCUT2D eigenvalue weighted by atomic mass is 16.5. The van der Waals surface area contributed by atoms with Crippen LogP contribution in [0.4, 0.5) is 0 Å². The number of piperidine rings is 1. The van der Waals surface area contributed by atoms with E-state index in [0.29, 0.717) is 30.4 Å². The van der Waals surface area contributed by atoms with Gasteiger partial charge in [-0.15, -0.1) is 0 Å². The molecule has 6 fully saturated rings. The Morgan fingerprint density at radius 2 is 1.88 bits per heavy atom. The fourth-order valence-corrected chi connectivity index (χ4v) is 11.2. The molecule has 6 rings (SSSR count). The smallest absolute Gasteiger partial charge is 0.0806 e. The highest BCUT2D eigenvalue weighted by Gasteiger charge is 2.84. The van der Waals surface area contributed by atoms with Gasteiger partial charge in [0.15, 0.2) is 0 Å². The van der Waals surface area contributed by atoms with Crippen molar-refractivity contribution in [3.63, 3.8) is 0 Å². The Labute approximate surface area is 193 Å². The molecule has 1 saturated heterocycles. The summed E-state index contributed by atoms with van der Waals surface area (Å²) in [5, 5.41) is 11.7. The molecule has 0 aromatic rings. The average molecular weight is 450 g/mol. The van der Waals surface area contributed by atoms with Crippen molar-refractivity contribution < 1.29 is 24.1 Å². The van der Waals surface area contributed by atoms with Crippen LogP contribution < -0.4 is 0 Å². The third kappa shape index (κ3) is 2.29. The van der Waals surface area contributed by atoms with Crippen LogP contribution in [0.1, 0.15) is 46.0 Å². The number of methoxy groups -OCH3 is 3. The molecule has 7 bridgehead atoms. The largest absolute Gasteiger partial charge is 0.392 e. The van der Waals surface area contributed by atoms with Gasteiger partial charge in [-0.05, 0) is 51.0 Å². The van der Waals surface area contributed by atoms with E-state index in [-0.39, 0.29) is 46.6 Å². The van der Waals surface area contributed by atoms with Crippen molar-refractivity contribution in [2.75, 3.05) is 47.6 Å². The second-order valence-corrected chi connectivity index (χ2v) is 11.8. The molecule has 0 unspecified atom stereocenters. The van der Waals surface area contributed by atoms with E-state index in [4.69, 9.17) is 18.9 Å². The number of likely N-dealkylation sites (tertiary alicyclic amines) is 1. The molecule has 6 nitrogen and oxygen atoms in total. The zero-order valence-corrected chi connectivity index (χ0v) is 20.6. The van der Waals surface area contributed by atoms with Crippen molar-refractivity contribution in [3.05, 3.63) is 0 Å². The van der Waals surface area contributed by atoms with E-state index < -0.39 is 0 Å². The second-order valence-electron chi connectivity index (χ2n) is 11.8. The molecule has 1 N–H and O–H groups in total. The summed E-state index contributed by atoms with van der Waals surface area (Å²) < 4.78 is 25.3. The van der Waals surface area contributed by atoms with Crippen molar-refractivity contribution in [3.8, 4) is 0 Å². The van der Waals surface area contributed by atoms with Crippen LogP contribution in [-0.2, 0) is 18.9 Å². The Bertz CT molecular complexity index is 750. The zero-order valence-electron chi connectivity index (χ0n) is 20.6. The van der Waals surface area contributed by atoms with E-state index in [1.807, 2.05) is 21.3 Å². The quantitative estimate of drug-likeness (QED) is 0.645. The van der Waals surface area contributed by atoms with Gasteiger partial charge in [0.25, 0.3) is 0 Å². The number of ether oxygens (including phenoxy) is 4. The summed E-state index contributed by atoms with van der Waals surface area (Å²) in [5.41, 5.74) is -0.0382. The molecule has 1 aliphatic heterocycles. The van der Waals surface area contributed by atoms with Gasteiger partial charge in [-0.2, -0.15) is 0 Å². The van der Waals surface area contributed by atoms with Gasteiger partial charge in [0.1, 0.15) is 0 Å². The topological polar surface area (TPSA) is 60.4 Å². The van der Waals surface area contributed by atoms with E-state index in [9.17, 15) is 5.11 Å². The molecule has 12 atom stereocenters. The molecule has 5 saturated carbocycles. The van der Waals surface area contributed by atoms with Crippen molar-refractivity contribution >= 4 is 0 Å². The number of hydrogen-bond donors (Lipinski definition) is 1. The van der Waals surface area contributed by atoms with Crippen molar-refractivity contribution in [1.82, 2.24) is 4.90 Å². The normalized spacial score (nSPS) is 57.8. The summed E-state index contributed by atoms with van der Waals surface area (Å²) in [6, 6.07) is 0.460. The van der Waals surface area contributed by atoms with Gasteiger partial charge in [-0.25, -0.2) is 0 Å². The van der Waals surface area contributed by atoms with Crippen molar-refractivity contribution in [1.29, 1.82) is 0 Å². The molecule has 0 aromatic carbocycles. The fraction of sp³-hybridized carbons (Fsp3) is 1.00. The lowest BCUT2D eigenvalue weighted by Gasteiger charge is -2.70. The first-order chi connectivity index (χ1) is 15.5. The fourth-order valence-electron chi connectivity index (χ4n) is 11.2. The summed E-state index contributed by atoms with van der Waals surface area (Å²) in [7, 11) is 5.64.